The van der Waals surface area contributed by atoms with E-state index >= 15 is 0 Å². The Hall–Kier alpha value is -4.57. The van der Waals surface area contributed by atoms with Gasteiger partial charge in [-0.15, -0.1) is 0 Å². The van der Waals surface area contributed by atoms with Gasteiger partial charge in [-0.1, -0.05) is 31.7 Å². The van der Waals surface area contributed by atoms with Gasteiger partial charge in [-0.25, -0.2) is 19.4 Å². The van der Waals surface area contributed by atoms with Crippen LogP contribution in [0.25, 0.3) is 16.6 Å². The third kappa shape index (κ3) is 5.86. The Morgan fingerprint density at radius 1 is 0.950 bits per heavy atom. The monoisotopic (exact) mass is 554 g/mol. The molecule has 0 radical (unpaired) electrons. The van der Waals surface area contributed by atoms with Crippen molar-refractivity contribution < 1.29 is 14.3 Å². The molecule has 0 fully saturated rings. The second-order valence-corrected chi connectivity index (χ2v) is 10.5. The summed E-state index contributed by atoms with van der Waals surface area (Å²) in [6.07, 6.45) is 1.56. The third-order valence-corrected chi connectivity index (χ3v) is 7.31. The smallest absolute Gasteiger partial charge is 0.324 e. The van der Waals surface area contributed by atoms with E-state index in [1.165, 1.54) is 11.8 Å². The molecule has 0 atom stereocenters. The van der Waals surface area contributed by atoms with Crippen LogP contribution in [0.2, 0.25) is 0 Å². The van der Waals surface area contributed by atoms with E-state index in [1.54, 1.807) is 25.2 Å². The van der Waals surface area contributed by atoms with E-state index in [0.29, 0.717) is 11.5 Å². The predicted octanol–water partition coefficient (Wildman–Crippen LogP) is 7.06. The molecule has 5 rings (SSSR count). The lowest BCUT2D eigenvalue weighted by atomic mass is 10.1. The number of urea groups is 1. The summed E-state index contributed by atoms with van der Waals surface area (Å²) in [4.78, 5) is 22.9. The Morgan fingerprint density at radius 3 is 2.48 bits per heavy atom. The zero-order valence-corrected chi connectivity index (χ0v) is 23.7. The van der Waals surface area contributed by atoms with Gasteiger partial charge in [0.25, 0.3) is 0 Å². The summed E-state index contributed by atoms with van der Waals surface area (Å²) in [6.45, 7) is 6.11. The first-order valence-electron chi connectivity index (χ1n) is 12.7. The van der Waals surface area contributed by atoms with Crippen LogP contribution in [0.1, 0.15) is 31.0 Å². The van der Waals surface area contributed by atoms with Crippen molar-refractivity contribution >= 4 is 40.2 Å². The summed E-state index contributed by atoms with van der Waals surface area (Å²) >= 11 is 1.49. The highest BCUT2D eigenvalue weighted by Gasteiger charge is 2.15. The minimum Gasteiger partial charge on any atom is -0.497 e. The highest BCUT2D eigenvalue weighted by Crippen LogP contribution is 2.35. The van der Waals surface area contributed by atoms with Crippen LogP contribution in [0.3, 0.4) is 0 Å². The molecule has 2 heterocycles. The van der Waals surface area contributed by atoms with Gasteiger partial charge in [-0.2, -0.15) is 5.10 Å². The number of nitrogens with zero attached hydrogens (tertiary/aromatic N) is 4. The molecule has 3 aromatic carbocycles. The molecule has 40 heavy (non-hydrogen) atoms. The Morgan fingerprint density at radius 2 is 1.75 bits per heavy atom. The summed E-state index contributed by atoms with van der Waals surface area (Å²) < 4.78 is 12.5. The molecule has 5 aromatic rings. The maximum Gasteiger partial charge on any atom is 0.324 e. The number of anilines is 2. The number of hydrogen-bond donors (Lipinski definition) is 2. The number of carbonyl (C=O) groups is 1. The van der Waals surface area contributed by atoms with Crippen LogP contribution in [0.15, 0.2) is 83.0 Å². The molecule has 10 heteroatoms. The molecular weight excluding hydrogens is 524 g/mol. The summed E-state index contributed by atoms with van der Waals surface area (Å²) in [5.74, 6) is 2.28. The van der Waals surface area contributed by atoms with Gasteiger partial charge in [0, 0.05) is 22.0 Å². The van der Waals surface area contributed by atoms with Crippen LogP contribution in [0.4, 0.5) is 16.3 Å². The lowest BCUT2D eigenvalue weighted by molar-refractivity contribution is 0.262. The molecule has 2 N–H and O–H groups in total. The van der Waals surface area contributed by atoms with Crippen LogP contribution in [0.5, 0.6) is 11.5 Å². The second kappa shape index (κ2) is 11.7. The largest absolute Gasteiger partial charge is 0.497 e. The molecule has 9 nitrogen and oxygen atoms in total. The first-order valence-corrected chi connectivity index (χ1v) is 13.6. The van der Waals surface area contributed by atoms with Gasteiger partial charge in [-0.3, -0.25) is 5.32 Å². The summed E-state index contributed by atoms with van der Waals surface area (Å²) in [5.41, 5.74) is 4.18. The number of hydrogen-bond acceptors (Lipinski definition) is 7. The summed E-state index contributed by atoms with van der Waals surface area (Å²) in [6, 6.07) is 20.6. The van der Waals surface area contributed by atoms with Crippen LogP contribution >= 0.6 is 11.8 Å². The SMILES string of the molecule is COc1ccc(-n2nc(C(C)C)cc2NC(=O)Nc2cccc(Sc3ncnc4cc(C)c(OC)cc34)c2)cc1. The highest BCUT2D eigenvalue weighted by molar-refractivity contribution is 7.99. The van der Waals surface area contributed by atoms with Gasteiger partial charge in [0.05, 0.1) is 31.1 Å². The molecule has 2 aromatic heterocycles. The fourth-order valence-electron chi connectivity index (χ4n) is 4.18. The normalized spacial score (nSPS) is 11.1. The van der Waals surface area contributed by atoms with Crippen LogP contribution in [0, 0.1) is 6.92 Å². The molecule has 2 amide bonds. The third-order valence-electron chi connectivity index (χ3n) is 6.30. The zero-order valence-electron chi connectivity index (χ0n) is 22.9. The molecule has 0 aliphatic heterocycles. The second-order valence-electron chi connectivity index (χ2n) is 9.45. The number of amides is 2. The molecule has 0 spiro atoms. The van der Waals surface area contributed by atoms with E-state index in [2.05, 4.69) is 34.4 Å². The van der Waals surface area contributed by atoms with Gasteiger partial charge in [0.2, 0.25) is 0 Å². The number of nitrogens with one attached hydrogen (secondary N) is 2. The Balaban J connectivity index is 1.35. The van der Waals surface area contributed by atoms with Crippen molar-refractivity contribution in [3.05, 3.63) is 84.3 Å². The number of benzene rings is 3. The maximum absolute atomic E-state index is 13.1. The van der Waals surface area contributed by atoms with Gasteiger partial charge >= 0.3 is 6.03 Å². The number of carbonyl (C=O) groups excluding carboxylic acids is 1. The number of ether oxygens (including phenoxy) is 2. The van der Waals surface area contributed by atoms with Crippen molar-refractivity contribution in [3.63, 3.8) is 0 Å². The number of aromatic nitrogens is 4. The maximum atomic E-state index is 13.1. The lowest BCUT2D eigenvalue weighted by Crippen LogP contribution is -2.21. The van der Waals surface area contributed by atoms with Gasteiger partial charge in [0.15, 0.2) is 0 Å². The van der Waals surface area contributed by atoms with Gasteiger partial charge in [-0.05, 0) is 73.0 Å². The Kier molecular flexibility index (Phi) is 7.88. The van der Waals surface area contributed by atoms with Crippen molar-refractivity contribution in [1.29, 1.82) is 0 Å². The first kappa shape index (κ1) is 27.0. The van der Waals surface area contributed by atoms with Gasteiger partial charge < -0.3 is 14.8 Å². The lowest BCUT2D eigenvalue weighted by Gasteiger charge is -2.12. The van der Waals surface area contributed by atoms with Crippen molar-refractivity contribution in [2.75, 3.05) is 24.9 Å². The van der Waals surface area contributed by atoms with Crippen LogP contribution in [-0.2, 0) is 0 Å². The summed E-state index contributed by atoms with van der Waals surface area (Å²) in [7, 11) is 3.27. The first-order chi connectivity index (χ1) is 19.3. The van der Waals surface area contributed by atoms with E-state index < -0.39 is 0 Å². The quantitative estimate of drug-likeness (QED) is 0.198. The van der Waals surface area contributed by atoms with Gasteiger partial charge in [0.1, 0.15) is 28.7 Å². The summed E-state index contributed by atoms with van der Waals surface area (Å²) in [5, 5.41) is 12.3. The molecule has 0 unspecified atom stereocenters. The molecule has 0 aliphatic carbocycles. The standard InChI is InChI=1S/C30H30N6O3S/c1-18(2)25-16-28(36(35-25)21-9-11-22(38-4)12-10-21)34-30(37)33-20-7-6-8-23(14-20)40-29-24-15-27(39-5)19(3)13-26(24)31-17-32-29/h6-18H,1-5H3,(H2,33,34,37). The van der Waals surface area contributed by atoms with E-state index in [9.17, 15) is 4.79 Å². The van der Waals surface area contributed by atoms with Crippen molar-refractivity contribution in [3.8, 4) is 17.2 Å². The minimum absolute atomic E-state index is 0.193. The zero-order chi connectivity index (χ0) is 28.2. The average Bonchev–Trinajstić information content (AvgIpc) is 3.37. The van der Waals surface area contributed by atoms with E-state index in [0.717, 1.165) is 49.3 Å². The van der Waals surface area contributed by atoms with Crippen LogP contribution < -0.4 is 20.1 Å². The fraction of sp³-hybridized carbons (Fsp3) is 0.200. The topological polar surface area (TPSA) is 103 Å². The molecule has 0 aliphatic rings. The molecule has 204 valence electrons. The van der Waals surface area contributed by atoms with E-state index in [-0.39, 0.29) is 11.9 Å². The Bertz CT molecular complexity index is 1670. The number of methoxy groups -OCH3 is 2. The highest BCUT2D eigenvalue weighted by atomic mass is 32.2. The average molecular weight is 555 g/mol. The molecule has 0 bridgehead atoms. The molecular formula is C30H30N6O3S. The Labute approximate surface area is 236 Å². The number of rotatable bonds is 8. The van der Waals surface area contributed by atoms with E-state index in [4.69, 9.17) is 14.6 Å². The predicted molar refractivity (Wildman–Crippen MR) is 158 cm³/mol. The minimum atomic E-state index is -0.375. The molecule has 0 saturated carbocycles. The fourth-order valence-corrected chi connectivity index (χ4v) is 5.11. The molecule has 0 saturated heterocycles. The van der Waals surface area contributed by atoms with E-state index in [1.807, 2.05) is 73.7 Å². The number of aryl methyl sites for hydroxylation is 1. The van der Waals surface area contributed by atoms with Crippen molar-refractivity contribution in [1.82, 2.24) is 19.7 Å². The number of fused-ring (bicyclic) bond motifs is 1. The van der Waals surface area contributed by atoms with Crippen molar-refractivity contribution in [2.24, 2.45) is 0 Å². The van der Waals surface area contributed by atoms with Crippen molar-refractivity contribution in [2.45, 2.75) is 36.6 Å². The van der Waals surface area contributed by atoms with Crippen LogP contribution in [-0.4, -0.2) is 40.0 Å².